The summed E-state index contributed by atoms with van der Waals surface area (Å²) < 4.78 is 35.3. The Hall–Kier alpha value is -2.57. The van der Waals surface area contributed by atoms with Crippen LogP contribution < -0.4 is 10.1 Å². The highest BCUT2D eigenvalue weighted by molar-refractivity contribution is 7.89. The highest BCUT2D eigenvalue weighted by Crippen LogP contribution is 2.28. The molecule has 0 aromatic heterocycles. The number of rotatable bonds is 7. The number of hydrogen-bond donors (Lipinski definition) is 1. The van der Waals surface area contributed by atoms with Gasteiger partial charge in [-0.05, 0) is 25.1 Å². The minimum Gasteiger partial charge on any atom is -0.495 e. The van der Waals surface area contributed by atoms with Gasteiger partial charge in [-0.1, -0.05) is 0 Å². The topological polar surface area (TPSA) is 109 Å². The van der Waals surface area contributed by atoms with E-state index in [0.717, 1.165) is 10.5 Å². The van der Waals surface area contributed by atoms with E-state index >= 15 is 0 Å². The number of nitrogens with one attached hydrogen (secondary N) is 1. The van der Waals surface area contributed by atoms with E-state index < -0.39 is 16.0 Å². The van der Waals surface area contributed by atoms with Gasteiger partial charge in [0.05, 0.1) is 24.3 Å². The van der Waals surface area contributed by atoms with Gasteiger partial charge in [-0.25, -0.2) is 17.5 Å². The molecule has 0 atom stereocenters. The number of hydrogen-bond acceptors (Lipinski definition) is 7. The van der Waals surface area contributed by atoms with Crippen LogP contribution in [0.25, 0.3) is 0 Å². The van der Waals surface area contributed by atoms with Crippen molar-refractivity contribution >= 4 is 21.7 Å². The van der Waals surface area contributed by atoms with Crippen LogP contribution in [-0.2, 0) is 19.6 Å². The summed E-state index contributed by atoms with van der Waals surface area (Å²) in [5.74, 6) is -0.423. The van der Waals surface area contributed by atoms with Crippen molar-refractivity contribution < 1.29 is 22.7 Å². The maximum absolute atomic E-state index is 12.2. The van der Waals surface area contributed by atoms with Crippen LogP contribution in [-0.4, -0.2) is 46.5 Å². The van der Waals surface area contributed by atoms with Crippen molar-refractivity contribution in [2.75, 3.05) is 33.1 Å². The molecule has 0 spiro atoms. The normalized spacial score (nSPS) is 11.8. The summed E-state index contributed by atoms with van der Waals surface area (Å²) in [6.45, 7) is 1.76. The summed E-state index contributed by atoms with van der Waals surface area (Å²) in [6, 6.07) is 5.94. The summed E-state index contributed by atoms with van der Waals surface area (Å²) >= 11 is 0. The molecule has 8 nitrogen and oxygen atoms in total. The summed E-state index contributed by atoms with van der Waals surface area (Å²) in [4.78, 5) is 11.6. The maximum Gasteiger partial charge on any atom is 0.350 e. The van der Waals surface area contributed by atoms with Gasteiger partial charge in [0.2, 0.25) is 10.0 Å². The lowest BCUT2D eigenvalue weighted by atomic mass is 10.2. The van der Waals surface area contributed by atoms with Crippen molar-refractivity contribution in [3.05, 3.63) is 30.0 Å². The van der Waals surface area contributed by atoms with Gasteiger partial charge in [0.25, 0.3) is 0 Å². The number of nitriles is 1. The Balaban J connectivity index is 3.23. The lowest BCUT2D eigenvalue weighted by molar-refractivity contribution is -0.138. The van der Waals surface area contributed by atoms with Crippen LogP contribution in [0.3, 0.4) is 0 Å². The Morgan fingerprint density at radius 3 is 2.58 bits per heavy atom. The monoisotopic (exact) mass is 353 g/mol. The van der Waals surface area contributed by atoms with Gasteiger partial charge in [0.15, 0.2) is 5.57 Å². The Morgan fingerprint density at radius 2 is 2.08 bits per heavy atom. The van der Waals surface area contributed by atoms with Gasteiger partial charge < -0.3 is 14.8 Å². The number of sulfonamides is 1. The van der Waals surface area contributed by atoms with Crippen molar-refractivity contribution in [2.24, 2.45) is 0 Å². The molecule has 0 fully saturated rings. The summed E-state index contributed by atoms with van der Waals surface area (Å²) in [5, 5.41) is 11.7. The second kappa shape index (κ2) is 8.33. The van der Waals surface area contributed by atoms with Crippen LogP contribution in [0.4, 0.5) is 5.69 Å². The van der Waals surface area contributed by atoms with Crippen molar-refractivity contribution in [3.63, 3.8) is 0 Å². The first-order valence-electron chi connectivity index (χ1n) is 6.92. The molecule has 1 aromatic carbocycles. The number of methoxy groups -OCH3 is 1. The molecule has 0 amide bonds. The molecule has 0 heterocycles. The van der Waals surface area contributed by atoms with E-state index in [1.807, 2.05) is 0 Å². The number of ether oxygens (including phenoxy) is 2. The van der Waals surface area contributed by atoms with Gasteiger partial charge in [-0.3, -0.25) is 0 Å². The predicted molar refractivity (Wildman–Crippen MR) is 87.8 cm³/mol. The summed E-state index contributed by atoms with van der Waals surface area (Å²) in [5.41, 5.74) is 0.0391. The van der Waals surface area contributed by atoms with Crippen LogP contribution in [0, 0.1) is 11.3 Å². The molecule has 0 bridgehead atoms. The maximum atomic E-state index is 12.2. The average Bonchev–Trinajstić information content (AvgIpc) is 2.55. The van der Waals surface area contributed by atoms with Gasteiger partial charge >= 0.3 is 5.97 Å². The number of nitrogens with zero attached hydrogens (tertiary/aromatic N) is 2. The zero-order chi connectivity index (χ0) is 18.3. The fraction of sp³-hybridized carbons (Fsp3) is 0.333. The predicted octanol–water partition coefficient (Wildman–Crippen LogP) is 1.33. The second-order valence-corrected chi connectivity index (χ2v) is 6.84. The average molecular weight is 353 g/mol. The third kappa shape index (κ3) is 4.47. The van der Waals surface area contributed by atoms with E-state index in [2.05, 4.69) is 5.32 Å². The Kier molecular flexibility index (Phi) is 6.76. The van der Waals surface area contributed by atoms with E-state index in [-0.39, 0.29) is 22.8 Å². The highest BCUT2D eigenvalue weighted by atomic mass is 32.2. The first-order chi connectivity index (χ1) is 11.3. The molecular weight excluding hydrogens is 334 g/mol. The molecule has 9 heteroatoms. The van der Waals surface area contributed by atoms with Crippen LogP contribution in [0.5, 0.6) is 5.75 Å². The molecule has 24 heavy (non-hydrogen) atoms. The molecular formula is C15H19N3O5S. The molecule has 0 aliphatic heterocycles. The molecule has 0 aliphatic rings. The first kappa shape index (κ1) is 19.5. The fourth-order valence-electron chi connectivity index (χ4n) is 1.67. The van der Waals surface area contributed by atoms with Gasteiger partial charge in [0.1, 0.15) is 11.8 Å². The molecule has 1 N–H and O–H groups in total. The summed E-state index contributed by atoms with van der Waals surface area (Å²) in [6.07, 6.45) is 1.14. The zero-order valence-electron chi connectivity index (χ0n) is 13.9. The molecule has 0 saturated heterocycles. The Bertz CT molecular complexity index is 779. The number of benzene rings is 1. The van der Waals surface area contributed by atoms with Crippen LogP contribution in [0.15, 0.2) is 34.9 Å². The van der Waals surface area contributed by atoms with Gasteiger partial charge in [-0.2, -0.15) is 5.26 Å². The van der Waals surface area contributed by atoms with Crippen molar-refractivity contribution in [1.29, 1.82) is 5.26 Å². The van der Waals surface area contributed by atoms with E-state index in [1.54, 1.807) is 13.0 Å². The lowest BCUT2D eigenvalue weighted by Crippen LogP contribution is -2.22. The fourth-order valence-corrected chi connectivity index (χ4v) is 2.60. The minimum absolute atomic E-state index is 0.0406. The number of carbonyl (C=O) groups excluding carboxylic acids is 1. The smallest absolute Gasteiger partial charge is 0.350 e. The number of carbonyl (C=O) groups is 1. The molecule has 1 aromatic rings. The summed E-state index contributed by atoms with van der Waals surface area (Å²) in [7, 11) is 0.620. The van der Waals surface area contributed by atoms with E-state index in [4.69, 9.17) is 14.7 Å². The highest BCUT2D eigenvalue weighted by Gasteiger charge is 2.19. The Morgan fingerprint density at radius 1 is 1.42 bits per heavy atom. The molecule has 0 aliphatic carbocycles. The number of esters is 1. The number of anilines is 1. The second-order valence-electron chi connectivity index (χ2n) is 4.68. The van der Waals surface area contributed by atoms with Gasteiger partial charge in [-0.15, -0.1) is 0 Å². The van der Waals surface area contributed by atoms with E-state index in [9.17, 15) is 13.2 Å². The lowest BCUT2D eigenvalue weighted by Gasteiger charge is -2.14. The SMILES string of the molecule is CCOC(=O)/C(C#N)=C/Nc1cc(S(=O)(=O)N(C)C)ccc1OC. The first-order valence-corrected chi connectivity index (χ1v) is 8.36. The van der Waals surface area contributed by atoms with Crippen molar-refractivity contribution in [3.8, 4) is 11.8 Å². The quantitative estimate of drug-likeness (QED) is 0.447. The van der Waals surface area contributed by atoms with Gasteiger partial charge in [0, 0.05) is 20.3 Å². The molecule has 0 saturated carbocycles. The molecule has 130 valence electrons. The van der Waals surface area contributed by atoms with E-state index in [0.29, 0.717) is 5.75 Å². The van der Waals surface area contributed by atoms with Crippen LogP contribution in [0.1, 0.15) is 6.92 Å². The third-order valence-electron chi connectivity index (χ3n) is 2.94. The molecule has 0 radical (unpaired) electrons. The van der Waals surface area contributed by atoms with Crippen molar-refractivity contribution in [1.82, 2.24) is 4.31 Å². The molecule has 0 unspecified atom stereocenters. The van der Waals surface area contributed by atoms with Crippen LogP contribution >= 0.6 is 0 Å². The van der Waals surface area contributed by atoms with E-state index in [1.165, 1.54) is 39.4 Å². The Labute approximate surface area is 141 Å². The standard InChI is InChI=1S/C15H19N3O5S/c1-5-23-15(19)11(9-16)10-17-13-8-12(6-7-14(13)22-4)24(20,21)18(2)3/h6-8,10,17H,5H2,1-4H3/b11-10+. The minimum atomic E-state index is -3.63. The molecule has 1 rings (SSSR count). The van der Waals surface area contributed by atoms with Crippen LogP contribution in [0.2, 0.25) is 0 Å². The van der Waals surface area contributed by atoms with Crippen molar-refractivity contribution in [2.45, 2.75) is 11.8 Å². The zero-order valence-corrected chi connectivity index (χ0v) is 14.7. The largest absolute Gasteiger partial charge is 0.495 e. The third-order valence-corrected chi connectivity index (χ3v) is 4.75.